The molecule has 6 nitrogen and oxygen atoms in total. The Morgan fingerprint density at radius 3 is 2.48 bits per heavy atom. The van der Waals surface area contributed by atoms with Gasteiger partial charge in [0.2, 0.25) is 0 Å². The van der Waals surface area contributed by atoms with Crippen molar-refractivity contribution >= 4 is 21.6 Å². The molecule has 2 aromatic carbocycles. The Bertz CT molecular complexity index is 888. The van der Waals surface area contributed by atoms with Crippen LogP contribution in [-0.4, -0.2) is 28.0 Å². The first kappa shape index (κ1) is 19.2. The molecule has 1 amide bonds. The number of methoxy groups -OCH3 is 1. The lowest BCUT2D eigenvalue weighted by Crippen LogP contribution is -2.28. The summed E-state index contributed by atoms with van der Waals surface area (Å²) in [5.41, 5.74) is 0.762. The maximum Gasteiger partial charge on any atom is 0.261 e. The van der Waals surface area contributed by atoms with Crippen LogP contribution in [0.2, 0.25) is 0 Å². The van der Waals surface area contributed by atoms with Gasteiger partial charge >= 0.3 is 0 Å². The van der Waals surface area contributed by atoms with Crippen molar-refractivity contribution < 1.29 is 17.9 Å². The second-order valence-corrected chi connectivity index (χ2v) is 8.40. The van der Waals surface area contributed by atoms with Crippen molar-refractivity contribution in [1.82, 2.24) is 5.32 Å². The molecule has 27 heavy (non-hydrogen) atoms. The maximum absolute atomic E-state index is 12.6. The molecule has 2 aromatic rings. The fourth-order valence-corrected chi connectivity index (χ4v) is 4.34. The fraction of sp³-hybridized carbons (Fsp3) is 0.350. The number of benzene rings is 2. The van der Waals surface area contributed by atoms with Crippen LogP contribution in [0.5, 0.6) is 5.75 Å². The molecular formula is C20H24N2O4S. The minimum Gasteiger partial charge on any atom is -0.497 e. The van der Waals surface area contributed by atoms with Crippen LogP contribution >= 0.6 is 0 Å². The van der Waals surface area contributed by atoms with Gasteiger partial charge in [0, 0.05) is 17.8 Å². The minimum absolute atomic E-state index is 0.0480. The second kappa shape index (κ2) is 8.43. The van der Waals surface area contributed by atoms with Crippen LogP contribution in [0.15, 0.2) is 53.4 Å². The fourth-order valence-electron chi connectivity index (χ4n) is 3.23. The van der Waals surface area contributed by atoms with Gasteiger partial charge in [-0.15, -0.1) is 0 Å². The van der Waals surface area contributed by atoms with Gasteiger partial charge in [-0.25, -0.2) is 8.42 Å². The van der Waals surface area contributed by atoms with E-state index in [1.54, 1.807) is 43.5 Å². The second-order valence-electron chi connectivity index (χ2n) is 6.72. The number of hydrogen-bond acceptors (Lipinski definition) is 4. The third-order valence-corrected chi connectivity index (χ3v) is 6.15. The Morgan fingerprint density at radius 1 is 1.11 bits per heavy atom. The Kier molecular flexibility index (Phi) is 6.01. The summed E-state index contributed by atoms with van der Waals surface area (Å²) in [5, 5.41) is 2.91. The van der Waals surface area contributed by atoms with Crippen molar-refractivity contribution in [1.29, 1.82) is 0 Å². The Balaban J connectivity index is 1.69. The molecule has 0 bridgehead atoms. The van der Waals surface area contributed by atoms with Crippen molar-refractivity contribution in [3.8, 4) is 5.75 Å². The van der Waals surface area contributed by atoms with Crippen LogP contribution in [0, 0.1) is 5.92 Å². The van der Waals surface area contributed by atoms with E-state index in [0.717, 1.165) is 12.8 Å². The van der Waals surface area contributed by atoms with Gasteiger partial charge in [-0.2, -0.15) is 0 Å². The molecule has 0 heterocycles. The van der Waals surface area contributed by atoms with E-state index in [4.69, 9.17) is 4.74 Å². The number of amides is 1. The number of rotatable bonds is 7. The first-order valence-corrected chi connectivity index (χ1v) is 10.5. The third kappa shape index (κ3) is 5.01. The normalized spacial score (nSPS) is 14.7. The Hall–Kier alpha value is -2.54. The van der Waals surface area contributed by atoms with Crippen molar-refractivity contribution in [3.63, 3.8) is 0 Å². The summed E-state index contributed by atoms with van der Waals surface area (Å²) < 4.78 is 32.8. The van der Waals surface area contributed by atoms with Gasteiger partial charge < -0.3 is 10.1 Å². The first-order valence-electron chi connectivity index (χ1n) is 9.03. The summed E-state index contributed by atoms with van der Waals surface area (Å²) in [4.78, 5) is 12.4. The summed E-state index contributed by atoms with van der Waals surface area (Å²) in [5.74, 6) is 0.917. The highest BCUT2D eigenvalue weighted by Gasteiger charge is 2.19. The van der Waals surface area contributed by atoms with Gasteiger partial charge in [0.15, 0.2) is 0 Å². The number of carbonyl (C=O) groups excluding carboxylic acids is 1. The van der Waals surface area contributed by atoms with Crippen LogP contribution < -0.4 is 14.8 Å². The predicted octanol–water partition coefficient (Wildman–Crippen LogP) is 3.42. The van der Waals surface area contributed by atoms with Gasteiger partial charge in [0.05, 0.1) is 12.0 Å². The lowest BCUT2D eigenvalue weighted by molar-refractivity contribution is 0.0947. The zero-order valence-corrected chi connectivity index (χ0v) is 16.1. The molecule has 2 N–H and O–H groups in total. The predicted molar refractivity (Wildman–Crippen MR) is 105 cm³/mol. The van der Waals surface area contributed by atoms with Gasteiger partial charge in [-0.05, 0) is 61.2 Å². The SMILES string of the molecule is COc1ccc(NS(=O)(=O)c2cccc(C(=O)NCC3CCCC3)c2)cc1. The van der Waals surface area contributed by atoms with Crippen LogP contribution in [-0.2, 0) is 10.0 Å². The molecule has 0 spiro atoms. The van der Waals surface area contributed by atoms with E-state index in [-0.39, 0.29) is 10.8 Å². The largest absolute Gasteiger partial charge is 0.497 e. The molecular weight excluding hydrogens is 364 g/mol. The highest BCUT2D eigenvalue weighted by Crippen LogP contribution is 2.24. The molecule has 0 aliphatic heterocycles. The summed E-state index contributed by atoms with van der Waals surface area (Å²) in [6.45, 7) is 0.639. The van der Waals surface area contributed by atoms with E-state index >= 15 is 0 Å². The lowest BCUT2D eigenvalue weighted by Gasteiger charge is -2.12. The average Bonchev–Trinajstić information content (AvgIpc) is 3.20. The molecule has 0 saturated heterocycles. The van der Waals surface area contributed by atoms with Crippen LogP contribution in [0.25, 0.3) is 0 Å². The monoisotopic (exact) mass is 388 g/mol. The van der Waals surface area contributed by atoms with Crippen molar-refractivity contribution in [2.45, 2.75) is 30.6 Å². The topological polar surface area (TPSA) is 84.5 Å². The molecule has 144 valence electrons. The van der Waals surface area contributed by atoms with Crippen LogP contribution in [0.3, 0.4) is 0 Å². The maximum atomic E-state index is 12.6. The van der Waals surface area contributed by atoms with Gasteiger partial charge in [0.1, 0.15) is 5.75 Å². The highest BCUT2D eigenvalue weighted by molar-refractivity contribution is 7.92. The summed E-state index contributed by atoms with van der Waals surface area (Å²) in [6, 6.07) is 12.7. The average molecular weight is 388 g/mol. The molecule has 1 aliphatic carbocycles. The molecule has 0 atom stereocenters. The first-order chi connectivity index (χ1) is 13.0. The number of nitrogens with one attached hydrogen (secondary N) is 2. The molecule has 7 heteroatoms. The zero-order chi connectivity index (χ0) is 19.3. The Morgan fingerprint density at radius 2 is 1.81 bits per heavy atom. The lowest BCUT2D eigenvalue weighted by atomic mass is 10.1. The van der Waals surface area contributed by atoms with Gasteiger partial charge in [-0.3, -0.25) is 9.52 Å². The number of anilines is 1. The molecule has 1 aliphatic rings. The number of carbonyl (C=O) groups is 1. The van der Waals surface area contributed by atoms with E-state index in [9.17, 15) is 13.2 Å². The summed E-state index contributed by atoms with van der Waals surface area (Å²) >= 11 is 0. The van der Waals surface area contributed by atoms with E-state index < -0.39 is 10.0 Å². The van der Waals surface area contributed by atoms with E-state index in [2.05, 4.69) is 10.0 Å². The molecule has 0 radical (unpaired) electrons. The standard InChI is InChI=1S/C20H24N2O4S/c1-26-18-11-9-17(10-12-18)22-27(24,25)19-8-4-7-16(13-19)20(23)21-14-15-5-2-3-6-15/h4,7-13,15,22H,2-3,5-6,14H2,1H3,(H,21,23). The van der Waals surface area contributed by atoms with E-state index in [1.165, 1.54) is 25.0 Å². The molecule has 1 fully saturated rings. The molecule has 0 unspecified atom stereocenters. The number of sulfonamides is 1. The molecule has 3 rings (SSSR count). The highest BCUT2D eigenvalue weighted by atomic mass is 32.2. The molecule has 1 saturated carbocycles. The van der Waals surface area contributed by atoms with Gasteiger partial charge in [0.25, 0.3) is 15.9 Å². The smallest absolute Gasteiger partial charge is 0.261 e. The van der Waals surface area contributed by atoms with E-state index in [1.807, 2.05) is 0 Å². The van der Waals surface area contributed by atoms with Crippen LogP contribution in [0.1, 0.15) is 36.0 Å². The summed E-state index contributed by atoms with van der Waals surface area (Å²) in [7, 11) is -2.25. The number of ether oxygens (including phenoxy) is 1. The quantitative estimate of drug-likeness (QED) is 0.761. The summed E-state index contributed by atoms with van der Waals surface area (Å²) in [6.07, 6.45) is 4.71. The Labute approximate surface area is 160 Å². The van der Waals surface area contributed by atoms with Crippen molar-refractivity contribution in [2.75, 3.05) is 18.4 Å². The zero-order valence-electron chi connectivity index (χ0n) is 15.3. The van der Waals surface area contributed by atoms with Crippen LogP contribution in [0.4, 0.5) is 5.69 Å². The van der Waals surface area contributed by atoms with Crippen molar-refractivity contribution in [3.05, 3.63) is 54.1 Å². The third-order valence-electron chi connectivity index (χ3n) is 4.77. The van der Waals surface area contributed by atoms with Gasteiger partial charge in [-0.1, -0.05) is 18.9 Å². The number of hydrogen-bond donors (Lipinski definition) is 2. The molecule has 0 aromatic heterocycles. The minimum atomic E-state index is -3.79. The van der Waals surface area contributed by atoms with E-state index in [0.29, 0.717) is 29.5 Å². The van der Waals surface area contributed by atoms with Crippen molar-refractivity contribution in [2.24, 2.45) is 5.92 Å².